The van der Waals surface area contributed by atoms with Gasteiger partial charge >= 0.3 is 0 Å². The van der Waals surface area contributed by atoms with Crippen LogP contribution in [0.1, 0.15) is 26.7 Å². The molecule has 0 aromatic carbocycles. The van der Waals surface area contributed by atoms with Crippen LogP contribution in [0.3, 0.4) is 0 Å². The van der Waals surface area contributed by atoms with Gasteiger partial charge in [-0.2, -0.15) is 0 Å². The van der Waals surface area contributed by atoms with E-state index in [0.29, 0.717) is 5.92 Å². The molecule has 1 aliphatic heterocycles. The molecule has 0 aliphatic carbocycles. The Labute approximate surface area is 115 Å². The van der Waals surface area contributed by atoms with E-state index >= 15 is 0 Å². The first kappa shape index (κ1) is 14.1. The van der Waals surface area contributed by atoms with Gasteiger partial charge in [-0.25, -0.2) is 9.97 Å². The number of hydrogen-bond donors (Lipinski definition) is 2. The molecular weight excluding hydrogens is 238 g/mol. The second kappa shape index (κ2) is 7.28. The third-order valence-corrected chi connectivity index (χ3v) is 3.43. The molecule has 2 rings (SSSR count). The van der Waals surface area contributed by atoms with Gasteiger partial charge in [0.25, 0.3) is 0 Å². The quantitative estimate of drug-likeness (QED) is 0.788. The minimum atomic E-state index is 0.635. The van der Waals surface area contributed by atoms with Gasteiger partial charge in [0.15, 0.2) is 0 Å². The van der Waals surface area contributed by atoms with Crippen LogP contribution in [0.2, 0.25) is 0 Å². The molecule has 0 spiro atoms. The molecule has 1 fully saturated rings. The highest BCUT2D eigenvalue weighted by molar-refractivity contribution is 5.46. The Morgan fingerprint density at radius 1 is 1.21 bits per heavy atom. The van der Waals surface area contributed by atoms with Crippen molar-refractivity contribution in [3.63, 3.8) is 0 Å². The van der Waals surface area contributed by atoms with Crippen molar-refractivity contribution in [2.24, 2.45) is 5.92 Å². The summed E-state index contributed by atoms with van der Waals surface area (Å²) in [7, 11) is 0. The highest BCUT2D eigenvalue weighted by Crippen LogP contribution is 2.12. The molecular formula is C14H25N5. The molecule has 0 amide bonds. The fourth-order valence-electron chi connectivity index (χ4n) is 2.48. The molecule has 1 unspecified atom stereocenters. The Balaban J connectivity index is 1.75. The van der Waals surface area contributed by atoms with E-state index in [1.54, 1.807) is 6.33 Å². The summed E-state index contributed by atoms with van der Waals surface area (Å²) < 4.78 is 0. The fraction of sp³-hybridized carbons (Fsp3) is 0.714. The highest BCUT2D eigenvalue weighted by atomic mass is 15.1. The van der Waals surface area contributed by atoms with Gasteiger partial charge < -0.3 is 15.5 Å². The average molecular weight is 263 g/mol. The number of nitrogens with zero attached hydrogens (tertiary/aromatic N) is 3. The third-order valence-electron chi connectivity index (χ3n) is 3.43. The first-order valence-electron chi connectivity index (χ1n) is 7.30. The van der Waals surface area contributed by atoms with E-state index in [2.05, 4.69) is 39.3 Å². The zero-order chi connectivity index (χ0) is 13.5. The van der Waals surface area contributed by atoms with Gasteiger partial charge in [0.05, 0.1) is 0 Å². The molecule has 1 aromatic rings. The van der Waals surface area contributed by atoms with Crippen LogP contribution in [-0.4, -0.2) is 47.6 Å². The molecule has 5 heteroatoms. The Morgan fingerprint density at radius 2 is 1.89 bits per heavy atom. The lowest BCUT2D eigenvalue weighted by atomic mass is 10.1. The lowest BCUT2D eigenvalue weighted by molar-refractivity contribution is 0.294. The summed E-state index contributed by atoms with van der Waals surface area (Å²) in [5.74, 6) is 2.42. The van der Waals surface area contributed by atoms with Crippen molar-refractivity contribution in [2.75, 3.05) is 43.4 Å². The van der Waals surface area contributed by atoms with E-state index in [4.69, 9.17) is 0 Å². The lowest BCUT2D eigenvalue weighted by Crippen LogP contribution is -2.29. The van der Waals surface area contributed by atoms with Crippen molar-refractivity contribution in [2.45, 2.75) is 26.7 Å². The standard InChI is InChI=1S/C14H25N5/c1-3-15-13-8-14(18-11-17-13)16-9-12(2)10-19-6-4-5-7-19/h8,11-12H,3-7,9-10H2,1-2H3,(H2,15,16,17,18). The van der Waals surface area contributed by atoms with E-state index in [1.807, 2.05) is 6.07 Å². The SMILES string of the molecule is CCNc1cc(NCC(C)CN2CCCC2)ncn1. The minimum Gasteiger partial charge on any atom is -0.370 e. The Bertz CT molecular complexity index is 376. The van der Waals surface area contributed by atoms with Crippen LogP contribution in [0.5, 0.6) is 0 Å². The number of anilines is 2. The maximum Gasteiger partial charge on any atom is 0.131 e. The molecule has 2 heterocycles. The van der Waals surface area contributed by atoms with Gasteiger partial charge in [-0.3, -0.25) is 0 Å². The maximum absolute atomic E-state index is 4.25. The second-order valence-corrected chi connectivity index (χ2v) is 5.31. The van der Waals surface area contributed by atoms with Crippen molar-refractivity contribution < 1.29 is 0 Å². The maximum atomic E-state index is 4.25. The van der Waals surface area contributed by atoms with Crippen molar-refractivity contribution in [1.29, 1.82) is 0 Å². The number of hydrogen-bond acceptors (Lipinski definition) is 5. The minimum absolute atomic E-state index is 0.635. The molecule has 2 N–H and O–H groups in total. The van der Waals surface area contributed by atoms with Gasteiger partial charge in [0.1, 0.15) is 18.0 Å². The van der Waals surface area contributed by atoms with Crippen molar-refractivity contribution >= 4 is 11.6 Å². The second-order valence-electron chi connectivity index (χ2n) is 5.31. The first-order valence-corrected chi connectivity index (χ1v) is 7.30. The summed E-state index contributed by atoms with van der Waals surface area (Å²) in [6.45, 7) is 9.90. The summed E-state index contributed by atoms with van der Waals surface area (Å²) >= 11 is 0. The van der Waals surface area contributed by atoms with Crippen LogP contribution in [0.4, 0.5) is 11.6 Å². The lowest BCUT2D eigenvalue weighted by Gasteiger charge is -2.20. The van der Waals surface area contributed by atoms with Crippen molar-refractivity contribution in [1.82, 2.24) is 14.9 Å². The summed E-state index contributed by atoms with van der Waals surface area (Å²) in [5, 5.41) is 6.59. The molecule has 1 aromatic heterocycles. The third kappa shape index (κ3) is 4.67. The zero-order valence-electron chi connectivity index (χ0n) is 12.0. The monoisotopic (exact) mass is 263 g/mol. The van der Waals surface area contributed by atoms with Crippen LogP contribution in [0, 0.1) is 5.92 Å². The number of likely N-dealkylation sites (tertiary alicyclic amines) is 1. The van der Waals surface area contributed by atoms with Crippen LogP contribution in [0.25, 0.3) is 0 Å². The summed E-state index contributed by atoms with van der Waals surface area (Å²) in [6, 6.07) is 1.96. The molecule has 19 heavy (non-hydrogen) atoms. The number of nitrogens with one attached hydrogen (secondary N) is 2. The highest BCUT2D eigenvalue weighted by Gasteiger charge is 2.14. The van der Waals surface area contributed by atoms with E-state index in [1.165, 1.54) is 32.5 Å². The Hall–Kier alpha value is -1.36. The molecule has 5 nitrogen and oxygen atoms in total. The van der Waals surface area contributed by atoms with Gasteiger partial charge in [0.2, 0.25) is 0 Å². The molecule has 0 bridgehead atoms. The first-order chi connectivity index (χ1) is 9.28. The molecule has 106 valence electrons. The number of rotatable bonds is 7. The molecule has 1 saturated heterocycles. The smallest absolute Gasteiger partial charge is 0.131 e. The van der Waals surface area contributed by atoms with Crippen LogP contribution in [-0.2, 0) is 0 Å². The largest absolute Gasteiger partial charge is 0.370 e. The van der Waals surface area contributed by atoms with Crippen molar-refractivity contribution in [3.8, 4) is 0 Å². The summed E-state index contributed by atoms with van der Waals surface area (Å²) in [5.41, 5.74) is 0. The van der Waals surface area contributed by atoms with Gasteiger partial charge in [-0.15, -0.1) is 0 Å². The molecule has 0 radical (unpaired) electrons. The Morgan fingerprint density at radius 3 is 2.58 bits per heavy atom. The topological polar surface area (TPSA) is 53.1 Å². The Kier molecular flexibility index (Phi) is 5.39. The summed E-state index contributed by atoms with van der Waals surface area (Å²) in [6.07, 6.45) is 4.32. The van der Waals surface area contributed by atoms with E-state index < -0.39 is 0 Å². The predicted octanol–water partition coefficient (Wildman–Crippen LogP) is 2.05. The van der Waals surface area contributed by atoms with Gasteiger partial charge in [-0.05, 0) is 38.8 Å². The van der Waals surface area contributed by atoms with Gasteiger partial charge in [-0.1, -0.05) is 6.92 Å². The zero-order valence-corrected chi connectivity index (χ0v) is 12.0. The van der Waals surface area contributed by atoms with E-state index in [-0.39, 0.29) is 0 Å². The van der Waals surface area contributed by atoms with E-state index in [0.717, 1.165) is 24.7 Å². The predicted molar refractivity (Wildman–Crippen MR) is 79.5 cm³/mol. The average Bonchev–Trinajstić information content (AvgIpc) is 2.90. The van der Waals surface area contributed by atoms with Crippen molar-refractivity contribution in [3.05, 3.63) is 12.4 Å². The summed E-state index contributed by atoms with van der Waals surface area (Å²) in [4.78, 5) is 11.0. The number of aromatic nitrogens is 2. The van der Waals surface area contributed by atoms with E-state index in [9.17, 15) is 0 Å². The van der Waals surface area contributed by atoms with Crippen LogP contribution < -0.4 is 10.6 Å². The van der Waals surface area contributed by atoms with Crippen LogP contribution in [0.15, 0.2) is 12.4 Å². The normalized spacial score (nSPS) is 17.4. The fourth-order valence-corrected chi connectivity index (χ4v) is 2.48. The van der Waals surface area contributed by atoms with Crippen LogP contribution >= 0.6 is 0 Å². The molecule has 1 atom stereocenters. The molecule has 0 saturated carbocycles. The molecule has 1 aliphatic rings. The van der Waals surface area contributed by atoms with Gasteiger partial charge in [0, 0.05) is 25.7 Å².